The molecule has 168 valence electrons. The maximum atomic E-state index is 13.0. The summed E-state index contributed by atoms with van der Waals surface area (Å²) >= 11 is 1.55. The summed E-state index contributed by atoms with van der Waals surface area (Å²) in [4.78, 5) is 17.6. The van der Waals surface area contributed by atoms with E-state index in [1.165, 1.54) is 24.8 Å². The van der Waals surface area contributed by atoms with Gasteiger partial charge in [0, 0.05) is 13.1 Å². The number of hydrogen-bond acceptors (Lipinski definition) is 5. The maximum absolute atomic E-state index is 13.0. The van der Waals surface area contributed by atoms with Gasteiger partial charge in [-0.25, -0.2) is 0 Å². The molecule has 2 aliphatic heterocycles. The molecule has 2 fully saturated rings. The quantitative estimate of drug-likeness (QED) is 0.607. The van der Waals surface area contributed by atoms with E-state index in [-0.39, 0.29) is 11.2 Å². The monoisotopic (exact) mass is 441 g/mol. The van der Waals surface area contributed by atoms with Crippen LogP contribution in [0.1, 0.15) is 57.3 Å². The van der Waals surface area contributed by atoms with Gasteiger partial charge in [0.05, 0.1) is 18.3 Å². The fraction of sp³-hybridized carbons (Fsp3) is 0.625. The van der Waals surface area contributed by atoms with E-state index in [1.807, 2.05) is 17.9 Å². The van der Waals surface area contributed by atoms with E-state index >= 15 is 0 Å². The Morgan fingerprint density at radius 3 is 2.45 bits per heavy atom. The zero-order chi connectivity index (χ0) is 21.6. The minimum absolute atomic E-state index is 0.157. The van der Waals surface area contributed by atoms with Crippen LogP contribution in [0.15, 0.2) is 35.5 Å². The van der Waals surface area contributed by atoms with E-state index in [0.717, 1.165) is 69.0 Å². The molecule has 0 N–H and O–H groups in total. The lowest BCUT2D eigenvalue weighted by atomic mass is 9.99. The van der Waals surface area contributed by atoms with Crippen LogP contribution < -0.4 is 0 Å². The summed E-state index contributed by atoms with van der Waals surface area (Å²) in [5, 5.41) is 9.79. The summed E-state index contributed by atoms with van der Waals surface area (Å²) in [6.07, 6.45) is 6.05. The van der Waals surface area contributed by atoms with Crippen LogP contribution in [0.2, 0.25) is 0 Å². The van der Waals surface area contributed by atoms with Crippen molar-refractivity contribution < 1.29 is 4.79 Å². The molecule has 31 heavy (non-hydrogen) atoms. The number of benzene rings is 1. The second kappa shape index (κ2) is 10.6. The van der Waals surface area contributed by atoms with Crippen LogP contribution in [0.5, 0.6) is 0 Å². The van der Waals surface area contributed by atoms with Gasteiger partial charge in [0.25, 0.3) is 0 Å². The Kier molecular flexibility index (Phi) is 7.67. The van der Waals surface area contributed by atoms with Gasteiger partial charge in [-0.1, -0.05) is 55.4 Å². The van der Waals surface area contributed by atoms with Gasteiger partial charge in [-0.3, -0.25) is 9.69 Å². The fourth-order valence-corrected chi connectivity index (χ4v) is 5.41. The van der Waals surface area contributed by atoms with Crippen molar-refractivity contribution in [3.05, 3.63) is 41.7 Å². The van der Waals surface area contributed by atoms with Crippen LogP contribution >= 0.6 is 11.8 Å². The van der Waals surface area contributed by atoms with E-state index < -0.39 is 0 Å². The van der Waals surface area contributed by atoms with E-state index in [4.69, 9.17) is 0 Å². The summed E-state index contributed by atoms with van der Waals surface area (Å²) < 4.78 is 2.22. The summed E-state index contributed by atoms with van der Waals surface area (Å²) in [5.41, 5.74) is 1.23. The number of nitrogens with zero attached hydrogens (tertiary/aromatic N) is 5. The molecule has 1 aromatic carbocycles. The number of aromatic nitrogens is 3. The lowest BCUT2D eigenvalue weighted by molar-refractivity contribution is -0.131. The van der Waals surface area contributed by atoms with Crippen LogP contribution in [-0.2, 0) is 17.9 Å². The van der Waals surface area contributed by atoms with Gasteiger partial charge in [0.15, 0.2) is 5.16 Å². The third kappa shape index (κ3) is 5.89. The Morgan fingerprint density at radius 1 is 1.03 bits per heavy atom. The van der Waals surface area contributed by atoms with Crippen molar-refractivity contribution in [2.24, 2.45) is 5.92 Å². The zero-order valence-corrected chi connectivity index (χ0v) is 19.7. The maximum Gasteiger partial charge on any atom is 0.235 e. The van der Waals surface area contributed by atoms with Crippen LogP contribution in [-0.4, -0.2) is 61.9 Å². The van der Waals surface area contributed by atoms with Crippen LogP contribution in [0.3, 0.4) is 0 Å². The standard InChI is InChI=1S/C24H35N5OS/c1-19-11-15-28(16-12-19)23(30)20(2)31-24-26-25-22(18-27-13-7-4-8-14-27)29(24)17-21-9-5-3-6-10-21/h3,5-6,9-10,19-20H,4,7-8,11-18H2,1-2H3. The lowest BCUT2D eigenvalue weighted by Crippen LogP contribution is -2.41. The molecule has 1 unspecified atom stereocenters. The van der Waals surface area contributed by atoms with Crippen LogP contribution in [0.25, 0.3) is 0 Å². The molecule has 4 rings (SSSR count). The molecular formula is C24H35N5OS. The highest BCUT2D eigenvalue weighted by Crippen LogP contribution is 2.27. The number of hydrogen-bond donors (Lipinski definition) is 0. The number of amides is 1. The largest absolute Gasteiger partial charge is 0.342 e. The molecule has 2 saturated heterocycles. The van der Waals surface area contributed by atoms with Gasteiger partial charge in [-0.05, 0) is 57.2 Å². The molecule has 0 saturated carbocycles. The smallest absolute Gasteiger partial charge is 0.235 e. The Balaban J connectivity index is 1.49. The third-order valence-electron chi connectivity index (χ3n) is 6.52. The number of likely N-dealkylation sites (tertiary alicyclic amines) is 2. The lowest BCUT2D eigenvalue weighted by Gasteiger charge is -2.32. The van der Waals surface area contributed by atoms with Gasteiger partial charge in [-0.15, -0.1) is 10.2 Å². The summed E-state index contributed by atoms with van der Waals surface area (Å²) in [6, 6.07) is 10.5. The first-order valence-corrected chi connectivity index (χ1v) is 12.6. The molecule has 1 aromatic heterocycles. The van der Waals surface area contributed by atoms with Crippen molar-refractivity contribution in [1.29, 1.82) is 0 Å². The Hall–Kier alpha value is -1.86. The third-order valence-corrected chi connectivity index (χ3v) is 7.58. The normalized spacial score (nSPS) is 19.5. The average Bonchev–Trinajstić information content (AvgIpc) is 3.16. The van der Waals surface area contributed by atoms with Crippen LogP contribution in [0, 0.1) is 5.92 Å². The molecule has 2 aliphatic rings. The van der Waals surface area contributed by atoms with Crippen molar-refractivity contribution in [2.45, 2.75) is 69.4 Å². The summed E-state index contributed by atoms with van der Waals surface area (Å²) in [5.74, 6) is 1.95. The number of rotatable bonds is 7. The summed E-state index contributed by atoms with van der Waals surface area (Å²) in [6.45, 7) is 9.86. The fourth-order valence-electron chi connectivity index (χ4n) is 4.46. The van der Waals surface area contributed by atoms with Crippen molar-refractivity contribution in [2.75, 3.05) is 26.2 Å². The highest BCUT2D eigenvalue weighted by Gasteiger charge is 2.27. The predicted molar refractivity (Wildman–Crippen MR) is 125 cm³/mol. The second-order valence-corrected chi connectivity index (χ2v) is 10.4. The minimum atomic E-state index is -0.157. The van der Waals surface area contributed by atoms with Gasteiger partial charge < -0.3 is 9.47 Å². The molecule has 1 amide bonds. The molecule has 3 heterocycles. The van der Waals surface area contributed by atoms with Gasteiger partial charge in [0.2, 0.25) is 5.91 Å². The van der Waals surface area contributed by atoms with Crippen LogP contribution in [0.4, 0.5) is 0 Å². The highest BCUT2D eigenvalue weighted by atomic mass is 32.2. The number of thioether (sulfide) groups is 1. The number of carbonyl (C=O) groups is 1. The molecule has 0 spiro atoms. The van der Waals surface area contributed by atoms with Crippen molar-refractivity contribution in [3.63, 3.8) is 0 Å². The topological polar surface area (TPSA) is 54.3 Å². The molecule has 2 aromatic rings. The molecule has 1 atom stereocenters. The SMILES string of the molecule is CC1CCN(C(=O)C(C)Sc2nnc(CN3CCCCC3)n2Cc2ccccc2)CC1. The van der Waals surface area contributed by atoms with Crippen molar-refractivity contribution in [1.82, 2.24) is 24.6 Å². The number of carbonyl (C=O) groups excluding carboxylic acids is 1. The second-order valence-electron chi connectivity index (χ2n) is 9.08. The molecule has 0 radical (unpaired) electrons. The summed E-state index contributed by atoms with van der Waals surface area (Å²) in [7, 11) is 0. The van der Waals surface area contributed by atoms with E-state index in [2.05, 4.69) is 50.9 Å². The average molecular weight is 442 g/mol. The minimum Gasteiger partial charge on any atom is -0.342 e. The first kappa shape index (κ1) is 22.3. The molecule has 0 aliphatic carbocycles. The first-order chi connectivity index (χ1) is 15.1. The molecule has 0 bridgehead atoms. The number of piperidine rings is 2. The van der Waals surface area contributed by atoms with Gasteiger partial charge >= 0.3 is 0 Å². The molecular weight excluding hydrogens is 406 g/mol. The zero-order valence-electron chi connectivity index (χ0n) is 18.9. The van der Waals surface area contributed by atoms with Crippen molar-refractivity contribution >= 4 is 17.7 Å². The van der Waals surface area contributed by atoms with Gasteiger partial charge in [0.1, 0.15) is 5.82 Å². The Morgan fingerprint density at radius 2 is 1.74 bits per heavy atom. The Bertz CT molecular complexity index is 841. The molecule has 7 heteroatoms. The first-order valence-electron chi connectivity index (χ1n) is 11.7. The van der Waals surface area contributed by atoms with E-state index in [9.17, 15) is 4.79 Å². The van der Waals surface area contributed by atoms with Crippen molar-refractivity contribution in [3.8, 4) is 0 Å². The van der Waals surface area contributed by atoms with E-state index in [0.29, 0.717) is 0 Å². The predicted octanol–water partition coefficient (Wildman–Crippen LogP) is 4.05. The highest BCUT2D eigenvalue weighted by molar-refractivity contribution is 8.00. The Labute approximate surface area is 190 Å². The van der Waals surface area contributed by atoms with E-state index in [1.54, 1.807) is 11.8 Å². The van der Waals surface area contributed by atoms with Gasteiger partial charge in [-0.2, -0.15) is 0 Å². The molecule has 6 nitrogen and oxygen atoms in total.